The molecule has 0 unspecified atom stereocenters. The number of anilines is 1. The number of ether oxygens (including phenoxy) is 1. The van der Waals surface area contributed by atoms with Crippen molar-refractivity contribution in [3.8, 4) is 17.0 Å². The van der Waals surface area contributed by atoms with Crippen molar-refractivity contribution in [2.45, 2.75) is 38.3 Å². The van der Waals surface area contributed by atoms with E-state index in [4.69, 9.17) is 9.26 Å². The van der Waals surface area contributed by atoms with Crippen molar-refractivity contribution in [3.63, 3.8) is 0 Å². The monoisotopic (exact) mass is 371 g/mol. The third-order valence-corrected chi connectivity index (χ3v) is 4.64. The van der Waals surface area contributed by atoms with Crippen molar-refractivity contribution in [2.75, 3.05) is 5.32 Å². The molecule has 1 aliphatic rings. The molecule has 1 saturated carbocycles. The fraction of sp³-hybridized carbons (Fsp3) is 0.300. The second-order valence-corrected chi connectivity index (χ2v) is 6.53. The predicted octanol–water partition coefficient (Wildman–Crippen LogP) is 4.95. The van der Waals surface area contributed by atoms with Crippen LogP contribution in [0.2, 0.25) is 0 Å². The summed E-state index contributed by atoms with van der Waals surface area (Å²) in [5.74, 6) is -0.497. The molecule has 0 saturated heterocycles. The summed E-state index contributed by atoms with van der Waals surface area (Å²) < 4.78 is 40.0. The van der Waals surface area contributed by atoms with Crippen LogP contribution in [-0.2, 0) is 6.54 Å². The van der Waals surface area contributed by atoms with Gasteiger partial charge in [-0.15, -0.1) is 0 Å². The molecule has 0 amide bonds. The van der Waals surface area contributed by atoms with Crippen molar-refractivity contribution in [1.29, 1.82) is 0 Å². The summed E-state index contributed by atoms with van der Waals surface area (Å²) in [7, 11) is 0. The lowest BCUT2D eigenvalue weighted by Crippen LogP contribution is -2.12. The lowest BCUT2D eigenvalue weighted by Gasteiger charge is -2.16. The SMILES string of the molecule is Fc1cc(-c2cccnc2OC2CCCC2)cc(F)c1NCc1ccno1. The van der Waals surface area contributed by atoms with Gasteiger partial charge in [0.05, 0.1) is 12.7 Å². The highest BCUT2D eigenvalue weighted by molar-refractivity contribution is 5.71. The Morgan fingerprint density at radius 1 is 1.11 bits per heavy atom. The van der Waals surface area contributed by atoms with E-state index in [2.05, 4.69) is 15.5 Å². The first-order valence-corrected chi connectivity index (χ1v) is 8.95. The summed E-state index contributed by atoms with van der Waals surface area (Å²) in [6.07, 6.45) is 7.40. The molecule has 1 N–H and O–H groups in total. The summed E-state index contributed by atoms with van der Waals surface area (Å²) in [5, 5.41) is 6.27. The Balaban J connectivity index is 1.59. The number of halogens is 2. The second kappa shape index (κ2) is 7.73. The minimum absolute atomic E-state index is 0.108. The number of rotatable bonds is 6. The van der Waals surface area contributed by atoms with Gasteiger partial charge in [-0.1, -0.05) is 5.16 Å². The van der Waals surface area contributed by atoms with Gasteiger partial charge in [0, 0.05) is 17.8 Å². The molecule has 1 aromatic carbocycles. The van der Waals surface area contributed by atoms with Crippen LogP contribution in [0.15, 0.2) is 47.2 Å². The third kappa shape index (κ3) is 3.92. The van der Waals surface area contributed by atoms with Gasteiger partial charge in [0.2, 0.25) is 5.88 Å². The Labute approximate surface area is 155 Å². The van der Waals surface area contributed by atoms with Gasteiger partial charge in [-0.3, -0.25) is 0 Å². The van der Waals surface area contributed by atoms with E-state index in [0.717, 1.165) is 25.7 Å². The lowest BCUT2D eigenvalue weighted by atomic mass is 10.1. The molecule has 1 aliphatic carbocycles. The van der Waals surface area contributed by atoms with Gasteiger partial charge in [0.15, 0.2) is 5.76 Å². The maximum atomic E-state index is 14.6. The Bertz CT molecular complexity index is 886. The largest absolute Gasteiger partial charge is 0.474 e. The third-order valence-electron chi connectivity index (χ3n) is 4.64. The maximum absolute atomic E-state index is 14.6. The molecule has 0 aliphatic heterocycles. The van der Waals surface area contributed by atoms with Crippen molar-refractivity contribution in [2.24, 2.45) is 0 Å². The molecule has 5 nitrogen and oxygen atoms in total. The summed E-state index contributed by atoms with van der Waals surface area (Å²) in [4.78, 5) is 4.27. The molecule has 0 bridgehead atoms. The predicted molar refractivity (Wildman–Crippen MR) is 96.3 cm³/mol. The molecule has 2 heterocycles. The summed E-state index contributed by atoms with van der Waals surface area (Å²) >= 11 is 0. The zero-order valence-corrected chi connectivity index (χ0v) is 14.6. The molecule has 0 atom stereocenters. The molecule has 0 spiro atoms. The van der Waals surface area contributed by atoms with Crippen molar-refractivity contribution in [3.05, 3.63) is 60.1 Å². The van der Waals surface area contributed by atoms with Crippen LogP contribution in [0.25, 0.3) is 11.1 Å². The van der Waals surface area contributed by atoms with E-state index >= 15 is 0 Å². The van der Waals surface area contributed by atoms with E-state index in [1.54, 1.807) is 24.4 Å². The van der Waals surface area contributed by atoms with Crippen molar-refractivity contribution in [1.82, 2.24) is 10.1 Å². The molecule has 1 fully saturated rings. The van der Waals surface area contributed by atoms with E-state index in [0.29, 0.717) is 22.8 Å². The number of nitrogens with zero attached hydrogens (tertiary/aromatic N) is 2. The highest BCUT2D eigenvalue weighted by Gasteiger charge is 2.20. The Hall–Kier alpha value is -2.96. The normalized spacial score (nSPS) is 14.4. The minimum atomic E-state index is -0.694. The smallest absolute Gasteiger partial charge is 0.221 e. The Morgan fingerprint density at radius 2 is 1.89 bits per heavy atom. The van der Waals surface area contributed by atoms with Crippen LogP contribution in [0.4, 0.5) is 14.5 Å². The van der Waals surface area contributed by atoms with Gasteiger partial charge >= 0.3 is 0 Å². The first kappa shape index (κ1) is 17.5. The number of nitrogens with one attached hydrogen (secondary N) is 1. The zero-order valence-electron chi connectivity index (χ0n) is 14.6. The number of benzene rings is 1. The van der Waals surface area contributed by atoms with Gasteiger partial charge in [0.25, 0.3) is 0 Å². The minimum Gasteiger partial charge on any atom is -0.474 e. The standard InChI is InChI=1S/C20H19F2N3O2/c21-17-10-13(11-18(22)19(17)24-12-15-7-9-25-27-15)16-6-3-8-23-20(16)26-14-4-1-2-5-14/h3,6-11,14,24H,1-2,4-5,12H2. The van der Waals surface area contributed by atoms with Crippen LogP contribution in [0, 0.1) is 11.6 Å². The molecule has 3 aromatic rings. The van der Waals surface area contributed by atoms with Crippen LogP contribution >= 0.6 is 0 Å². The molecule has 0 radical (unpaired) electrons. The van der Waals surface area contributed by atoms with Gasteiger partial charge in [-0.25, -0.2) is 13.8 Å². The average Bonchev–Trinajstić information content (AvgIpc) is 3.35. The number of pyridine rings is 1. The molecule has 7 heteroatoms. The molecule has 27 heavy (non-hydrogen) atoms. The molecular formula is C20H19F2N3O2. The highest BCUT2D eigenvalue weighted by Crippen LogP contribution is 2.34. The van der Waals surface area contributed by atoms with Gasteiger partial charge in [0.1, 0.15) is 23.4 Å². The molecule has 4 rings (SSSR count). The van der Waals surface area contributed by atoms with Crippen LogP contribution in [0.3, 0.4) is 0 Å². The van der Waals surface area contributed by atoms with Crippen molar-refractivity contribution >= 4 is 5.69 Å². The van der Waals surface area contributed by atoms with Gasteiger partial charge < -0.3 is 14.6 Å². The number of aromatic nitrogens is 2. The Kier molecular flexibility index (Phi) is 5.00. The molecule has 140 valence electrons. The first-order chi connectivity index (χ1) is 13.2. The highest BCUT2D eigenvalue weighted by atomic mass is 19.1. The van der Waals surface area contributed by atoms with Crippen molar-refractivity contribution < 1.29 is 18.0 Å². The van der Waals surface area contributed by atoms with E-state index in [1.165, 1.54) is 18.3 Å². The van der Waals surface area contributed by atoms with E-state index in [-0.39, 0.29) is 18.3 Å². The van der Waals surface area contributed by atoms with Crippen LogP contribution < -0.4 is 10.1 Å². The van der Waals surface area contributed by atoms with E-state index in [9.17, 15) is 8.78 Å². The summed E-state index contributed by atoms with van der Waals surface area (Å²) in [5.41, 5.74) is 0.748. The maximum Gasteiger partial charge on any atom is 0.221 e. The fourth-order valence-electron chi connectivity index (χ4n) is 3.27. The quantitative estimate of drug-likeness (QED) is 0.664. The zero-order chi connectivity index (χ0) is 18.6. The number of hydrogen-bond donors (Lipinski definition) is 1. The summed E-state index contributed by atoms with van der Waals surface area (Å²) in [6, 6.07) is 7.67. The average molecular weight is 371 g/mol. The molecular weight excluding hydrogens is 352 g/mol. The molecule has 2 aromatic heterocycles. The van der Waals surface area contributed by atoms with E-state index in [1.807, 2.05) is 0 Å². The topological polar surface area (TPSA) is 60.2 Å². The van der Waals surface area contributed by atoms with Crippen LogP contribution in [0.5, 0.6) is 5.88 Å². The first-order valence-electron chi connectivity index (χ1n) is 8.95. The second-order valence-electron chi connectivity index (χ2n) is 6.53. The Morgan fingerprint density at radius 3 is 2.59 bits per heavy atom. The van der Waals surface area contributed by atoms with Crippen LogP contribution in [-0.4, -0.2) is 16.2 Å². The van der Waals surface area contributed by atoms with Gasteiger partial charge in [-0.05, 0) is 55.5 Å². The van der Waals surface area contributed by atoms with Gasteiger partial charge in [-0.2, -0.15) is 0 Å². The van der Waals surface area contributed by atoms with E-state index < -0.39 is 11.6 Å². The fourth-order valence-corrected chi connectivity index (χ4v) is 3.27. The van der Waals surface area contributed by atoms with Crippen LogP contribution in [0.1, 0.15) is 31.4 Å². The summed E-state index contributed by atoms with van der Waals surface area (Å²) in [6.45, 7) is 0.135. The lowest BCUT2D eigenvalue weighted by molar-refractivity contribution is 0.202. The number of hydrogen-bond acceptors (Lipinski definition) is 5.